The van der Waals surface area contributed by atoms with Crippen LogP contribution in [0.3, 0.4) is 0 Å². The van der Waals surface area contributed by atoms with Gasteiger partial charge in [-0.05, 0) is 34.7 Å². The lowest BCUT2D eigenvalue weighted by atomic mass is 10.2. The topological polar surface area (TPSA) is 69.2 Å². The van der Waals surface area contributed by atoms with Crippen LogP contribution in [0.1, 0.15) is 0 Å². The number of thiophene rings is 1. The fourth-order valence-electron chi connectivity index (χ4n) is 1.22. The lowest BCUT2D eigenvalue weighted by Crippen LogP contribution is -1.90. The third-order valence-corrected chi connectivity index (χ3v) is 3.86. The van der Waals surface area contributed by atoms with Crippen LogP contribution in [0.25, 0.3) is 10.1 Å². The second-order valence-corrected chi connectivity index (χ2v) is 4.76. The van der Waals surface area contributed by atoms with Gasteiger partial charge in [-0.15, -0.1) is 11.3 Å². The molecule has 0 bridgehead atoms. The second-order valence-electron chi connectivity index (χ2n) is 2.72. The molecule has 72 valence electrons. The molecule has 2 N–H and O–H groups in total. The van der Waals surface area contributed by atoms with Crippen molar-refractivity contribution < 1.29 is 4.92 Å². The highest BCUT2D eigenvalue weighted by molar-refractivity contribution is 14.1. The first-order valence-corrected chi connectivity index (χ1v) is 5.66. The fraction of sp³-hybridized carbons (Fsp3) is 0. The monoisotopic (exact) mass is 320 g/mol. The van der Waals surface area contributed by atoms with Crippen LogP contribution in [-0.2, 0) is 0 Å². The number of fused-ring (bicyclic) bond motifs is 1. The van der Waals surface area contributed by atoms with E-state index >= 15 is 0 Å². The molecule has 0 amide bonds. The van der Waals surface area contributed by atoms with Crippen LogP contribution in [0.2, 0.25) is 0 Å². The van der Waals surface area contributed by atoms with Gasteiger partial charge >= 0.3 is 0 Å². The molecule has 1 heterocycles. The molecule has 2 rings (SSSR count). The Hall–Kier alpha value is -0.890. The molecule has 1 aromatic carbocycles. The van der Waals surface area contributed by atoms with Crippen molar-refractivity contribution in [2.75, 3.05) is 5.73 Å². The Kier molecular flexibility index (Phi) is 2.31. The third-order valence-electron chi connectivity index (χ3n) is 1.90. The van der Waals surface area contributed by atoms with E-state index in [-0.39, 0.29) is 10.6 Å². The van der Waals surface area contributed by atoms with Crippen LogP contribution >= 0.6 is 33.9 Å². The van der Waals surface area contributed by atoms with Crippen molar-refractivity contribution in [1.82, 2.24) is 0 Å². The Morgan fingerprint density at radius 3 is 2.86 bits per heavy atom. The molecule has 14 heavy (non-hydrogen) atoms. The smallest absolute Gasteiger partial charge is 0.287 e. The Morgan fingerprint density at radius 2 is 2.21 bits per heavy atom. The third kappa shape index (κ3) is 1.34. The molecule has 2 aromatic rings. The van der Waals surface area contributed by atoms with E-state index in [9.17, 15) is 10.1 Å². The minimum Gasteiger partial charge on any atom is -0.397 e. The van der Waals surface area contributed by atoms with Crippen molar-refractivity contribution in [1.29, 1.82) is 0 Å². The standard InChI is InChI=1S/C8H5IN2O2S/c9-5-2-1-4-6(11(12)13)3-14-8(4)7(5)10/h1-3H,10H2. The number of nitrogens with zero attached hydrogens (tertiary/aromatic N) is 1. The zero-order valence-electron chi connectivity index (χ0n) is 6.86. The molecular formula is C8H5IN2O2S. The van der Waals surface area contributed by atoms with Gasteiger partial charge in [0.1, 0.15) is 0 Å². The summed E-state index contributed by atoms with van der Waals surface area (Å²) in [7, 11) is 0. The summed E-state index contributed by atoms with van der Waals surface area (Å²) >= 11 is 3.42. The van der Waals surface area contributed by atoms with E-state index in [0.29, 0.717) is 11.1 Å². The predicted octanol–water partition coefficient (Wildman–Crippen LogP) is 3.00. The lowest BCUT2D eigenvalue weighted by molar-refractivity contribution is -0.382. The first kappa shape index (κ1) is 9.66. The molecule has 0 saturated heterocycles. The maximum absolute atomic E-state index is 10.6. The van der Waals surface area contributed by atoms with Crippen molar-refractivity contribution in [3.8, 4) is 0 Å². The van der Waals surface area contributed by atoms with Gasteiger partial charge in [0.15, 0.2) is 0 Å². The highest BCUT2D eigenvalue weighted by Gasteiger charge is 2.16. The first-order valence-electron chi connectivity index (χ1n) is 3.71. The Balaban J connectivity index is 2.83. The van der Waals surface area contributed by atoms with E-state index in [1.54, 1.807) is 12.1 Å². The van der Waals surface area contributed by atoms with Gasteiger partial charge in [0, 0.05) is 3.57 Å². The number of halogens is 1. The number of nitrogens with two attached hydrogens (primary N) is 1. The van der Waals surface area contributed by atoms with Gasteiger partial charge in [-0.1, -0.05) is 0 Å². The van der Waals surface area contributed by atoms with Gasteiger partial charge in [0.05, 0.1) is 26.1 Å². The summed E-state index contributed by atoms with van der Waals surface area (Å²) in [6, 6.07) is 3.53. The average molecular weight is 320 g/mol. The van der Waals surface area contributed by atoms with Crippen molar-refractivity contribution in [3.63, 3.8) is 0 Å². The number of benzene rings is 1. The minimum atomic E-state index is -0.384. The highest BCUT2D eigenvalue weighted by atomic mass is 127. The van der Waals surface area contributed by atoms with E-state index in [1.807, 2.05) is 0 Å². The zero-order chi connectivity index (χ0) is 10.3. The Bertz CT molecular complexity index is 523. The van der Waals surface area contributed by atoms with Gasteiger partial charge in [-0.3, -0.25) is 10.1 Å². The SMILES string of the molecule is Nc1c(I)ccc2c([N+](=O)[O-])csc12. The van der Waals surface area contributed by atoms with Gasteiger partial charge in [0.2, 0.25) is 0 Å². The molecule has 0 unspecified atom stereocenters. The number of nitro groups is 1. The van der Waals surface area contributed by atoms with Crippen LogP contribution in [0, 0.1) is 13.7 Å². The number of rotatable bonds is 1. The fourth-order valence-corrected chi connectivity index (χ4v) is 2.84. The van der Waals surface area contributed by atoms with Crippen molar-refractivity contribution in [3.05, 3.63) is 31.2 Å². The quantitative estimate of drug-likeness (QED) is 0.380. The average Bonchev–Trinajstić information content (AvgIpc) is 2.55. The highest BCUT2D eigenvalue weighted by Crippen LogP contribution is 2.37. The van der Waals surface area contributed by atoms with Gasteiger partial charge in [-0.2, -0.15) is 0 Å². The molecule has 0 fully saturated rings. The second kappa shape index (κ2) is 3.35. The van der Waals surface area contributed by atoms with E-state index in [0.717, 1.165) is 8.27 Å². The molecule has 4 nitrogen and oxygen atoms in total. The molecule has 0 radical (unpaired) electrons. The molecule has 0 aliphatic carbocycles. The summed E-state index contributed by atoms with van der Waals surface area (Å²) in [5.74, 6) is 0. The molecule has 0 aliphatic heterocycles. The molecule has 0 aliphatic rings. The largest absolute Gasteiger partial charge is 0.397 e. The summed E-state index contributed by atoms with van der Waals surface area (Å²) in [4.78, 5) is 10.3. The molecule has 6 heteroatoms. The Labute approximate surface area is 97.0 Å². The van der Waals surface area contributed by atoms with Crippen molar-refractivity contribution in [2.24, 2.45) is 0 Å². The molecule has 1 aromatic heterocycles. The number of nitrogen functional groups attached to an aromatic ring is 1. The van der Waals surface area contributed by atoms with Gasteiger partial charge < -0.3 is 5.73 Å². The summed E-state index contributed by atoms with van der Waals surface area (Å²) in [5, 5.41) is 12.8. The van der Waals surface area contributed by atoms with Crippen LogP contribution in [0.5, 0.6) is 0 Å². The number of hydrogen-bond donors (Lipinski definition) is 1. The van der Waals surface area contributed by atoms with Crippen LogP contribution < -0.4 is 5.73 Å². The molecule has 0 saturated carbocycles. The summed E-state index contributed by atoms with van der Waals surface area (Å²) < 4.78 is 1.72. The maximum Gasteiger partial charge on any atom is 0.287 e. The molecular weight excluding hydrogens is 315 g/mol. The van der Waals surface area contributed by atoms with Crippen LogP contribution in [0.4, 0.5) is 11.4 Å². The van der Waals surface area contributed by atoms with Crippen molar-refractivity contribution in [2.45, 2.75) is 0 Å². The minimum absolute atomic E-state index is 0.133. The number of hydrogen-bond acceptors (Lipinski definition) is 4. The van der Waals surface area contributed by atoms with Gasteiger partial charge in [-0.25, -0.2) is 0 Å². The number of anilines is 1. The summed E-state index contributed by atoms with van der Waals surface area (Å²) in [6.45, 7) is 0. The first-order chi connectivity index (χ1) is 6.61. The van der Waals surface area contributed by atoms with Gasteiger partial charge in [0.25, 0.3) is 5.69 Å². The Morgan fingerprint density at radius 1 is 1.50 bits per heavy atom. The lowest BCUT2D eigenvalue weighted by Gasteiger charge is -1.97. The summed E-state index contributed by atoms with van der Waals surface area (Å²) in [6.07, 6.45) is 0. The van der Waals surface area contributed by atoms with Crippen LogP contribution in [-0.4, -0.2) is 4.92 Å². The maximum atomic E-state index is 10.6. The van der Waals surface area contributed by atoms with E-state index in [1.165, 1.54) is 16.7 Å². The summed E-state index contributed by atoms with van der Waals surface area (Å²) in [5.41, 5.74) is 6.57. The predicted molar refractivity (Wildman–Crippen MR) is 65.6 cm³/mol. The van der Waals surface area contributed by atoms with Crippen LogP contribution in [0.15, 0.2) is 17.5 Å². The molecule has 0 atom stereocenters. The molecule has 0 spiro atoms. The zero-order valence-corrected chi connectivity index (χ0v) is 9.83. The normalized spacial score (nSPS) is 10.6. The van der Waals surface area contributed by atoms with E-state index < -0.39 is 0 Å². The van der Waals surface area contributed by atoms with E-state index in [2.05, 4.69) is 22.6 Å². The van der Waals surface area contributed by atoms with E-state index in [4.69, 9.17) is 5.73 Å². The van der Waals surface area contributed by atoms with Crippen molar-refractivity contribution >= 4 is 55.4 Å².